The summed E-state index contributed by atoms with van der Waals surface area (Å²) in [6, 6.07) is 7.71. The van der Waals surface area contributed by atoms with E-state index in [0.717, 1.165) is 0 Å². The highest BCUT2D eigenvalue weighted by molar-refractivity contribution is 6.74. The van der Waals surface area contributed by atoms with Gasteiger partial charge in [-0.05, 0) is 41.4 Å². The molecule has 3 rings (SSSR count). The van der Waals surface area contributed by atoms with Crippen molar-refractivity contribution in [2.24, 2.45) is 5.11 Å². The summed E-state index contributed by atoms with van der Waals surface area (Å²) in [6.45, 7) is 13.8. The van der Waals surface area contributed by atoms with Crippen LogP contribution in [0, 0.1) is 0 Å². The lowest BCUT2D eigenvalue weighted by molar-refractivity contribution is -0.114. The van der Waals surface area contributed by atoms with Crippen LogP contribution in [0.2, 0.25) is 18.1 Å². The summed E-state index contributed by atoms with van der Waals surface area (Å²) < 4.78 is 19.8. The van der Waals surface area contributed by atoms with Crippen molar-refractivity contribution < 1.29 is 23.5 Å². The molecule has 0 aliphatic carbocycles. The van der Waals surface area contributed by atoms with Gasteiger partial charge in [-0.15, -0.1) is 0 Å². The van der Waals surface area contributed by atoms with Gasteiger partial charge < -0.3 is 19.2 Å². The standard InChI is InChI=1S/C26H36N6O6Si/c1-16(30-31-27)18-10-8-9-11-19(18)24(34)38-20-14-23(32-13-12-22(28-17(2)33)29-25(32)35)37-21(20)15-36-39(6,7)26(3,4)5/h8-13,16,20-21,23H,14-15H2,1-7H3,(H,28,29,33,35)/t16?,20-,21-,23-/m1/s1. The number of anilines is 1. The highest BCUT2D eigenvalue weighted by atomic mass is 28.4. The molecule has 0 spiro atoms. The molecule has 1 aliphatic rings. The summed E-state index contributed by atoms with van der Waals surface area (Å²) in [5.41, 5.74) is 9.06. The lowest BCUT2D eigenvalue weighted by Gasteiger charge is -2.37. The van der Waals surface area contributed by atoms with Gasteiger partial charge in [0.25, 0.3) is 0 Å². The van der Waals surface area contributed by atoms with Gasteiger partial charge in [-0.3, -0.25) is 9.36 Å². The molecule has 1 aromatic carbocycles. The molecule has 2 aromatic rings. The minimum atomic E-state index is -2.16. The molecule has 210 valence electrons. The molecular formula is C26H36N6O6Si. The van der Waals surface area contributed by atoms with Gasteiger partial charge >= 0.3 is 11.7 Å². The molecule has 1 aliphatic heterocycles. The first-order chi connectivity index (χ1) is 18.2. The molecule has 1 N–H and O–H groups in total. The van der Waals surface area contributed by atoms with Crippen LogP contribution in [-0.4, -0.2) is 48.6 Å². The number of carbonyl (C=O) groups is 2. The fourth-order valence-electron chi connectivity index (χ4n) is 3.92. The predicted molar refractivity (Wildman–Crippen MR) is 148 cm³/mol. The van der Waals surface area contributed by atoms with E-state index in [1.54, 1.807) is 31.2 Å². The van der Waals surface area contributed by atoms with Gasteiger partial charge in [0.2, 0.25) is 5.91 Å². The molecule has 12 nitrogen and oxygen atoms in total. The minimum absolute atomic E-state index is 0.0477. The molecule has 1 unspecified atom stereocenters. The van der Waals surface area contributed by atoms with Crippen molar-refractivity contribution >= 4 is 26.0 Å². The second-order valence-electron chi connectivity index (χ2n) is 11.0. The Morgan fingerprint density at radius 2 is 2.00 bits per heavy atom. The Morgan fingerprint density at radius 3 is 2.62 bits per heavy atom. The Kier molecular flexibility index (Phi) is 9.33. The van der Waals surface area contributed by atoms with Crippen molar-refractivity contribution in [3.63, 3.8) is 0 Å². The number of hydrogen-bond acceptors (Lipinski definition) is 8. The Balaban J connectivity index is 1.88. The van der Waals surface area contributed by atoms with Crippen molar-refractivity contribution in [3.8, 4) is 0 Å². The highest BCUT2D eigenvalue weighted by Gasteiger charge is 2.43. The van der Waals surface area contributed by atoms with E-state index in [9.17, 15) is 14.4 Å². The fourth-order valence-corrected chi connectivity index (χ4v) is 4.94. The van der Waals surface area contributed by atoms with Crippen LogP contribution < -0.4 is 11.0 Å². The normalized spacial score (nSPS) is 20.1. The summed E-state index contributed by atoms with van der Waals surface area (Å²) in [7, 11) is -2.16. The summed E-state index contributed by atoms with van der Waals surface area (Å²) in [5.74, 6) is -0.807. The summed E-state index contributed by atoms with van der Waals surface area (Å²) in [6.07, 6.45) is -0.460. The molecule has 0 radical (unpaired) electrons. The van der Waals surface area contributed by atoms with Crippen LogP contribution in [-0.2, 0) is 18.7 Å². The van der Waals surface area contributed by atoms with E-state index in [0.29, 0.717) is 5.56 Å². The number of benzene rings is 1. The highest BCUT2D eigenvalue weighted by Crippen LogP contribution is 2.38. The van der Waals surface area contributed by atoms with Crippen molar-refractivity contribution in [1.29, 1.82) is 0 Å². The van der Waals surface area contributed by atoms with Gasteiger partial charge in [-0.2, -0.15) is 4.98 Å². The monoisotopic (exact) mass is 556 g/mol. The number of rotatable bonds is 9. The van der Waals surface area contributed by atoms with Gasteiger partial charge in [-0.1, -0.05) is 51.0 Å². The Hall–Kier alpha value is -3.51. The molecule has 1 aromatic heterocycles. The predicted octanol–water partition coefficient (Wildman–Crippen LogP) is 5.11. The smallest absolute Gasteiger partial charge is 0.351 e. The van der Waals surface area contributed by atoms with Crippen LogP contribution in [0.3, 0.4) is 0 Å². The maximum Gasteiger partial charge on any atom is 0.351 e. The minimum Gasteiger partial charge on any atom is -0.456 e. The van der Waals surface area contributed by atoms with Crippen LogP contribution in [0.5, 0.6) is 0 Å². The number of esters is 1. The van der Waals surface area contributed by atoms with Crippen molar-refractivity contribution in [1.82, 2.24) is 9.55 Å². The number of azide groups is 1. The van der Waals surface area contributed by atoms with E-state index in [1.165, 1.54) is 23.8 Å². The Bertz CT molecular complexity index is 1320. The van der Waals surface area contributed by atoms with E-state index in [2.05, 4.69) is 54.2 Å². The summed E-state index contributed by atoms with van der Waals surface area (Å²) in [5, 5.41) is 6.14. The Morgan fingerprint density at radius 1 is 1.31 bits per heavy atom. The van der Waals surface area contributed by atoms with E-state index in [1.807, 2.05) is 0 Å². The van der Waals surface area contributed by atoms with Crippen molar-refractivity contribution in [2.45, 2.75) is 83.6 Å². The average molecular weight is 557 g/mol. The van der Waals surface area contributed by atoms with Gasteiger partial charge in [0.05, 0.1) is 18.2 Å². The zero-order chi connectivity index (χ0) is 29.0. The first kappa shape index (κ1) is 30.0. The molecule has 1 saturated heterocycles. The number of ether oxygens (including phenoxy) is 2. The van der Waals surface area contributed by atoms with Gasteiger partial charge in [0.15, 0.2) is 8.32 Å². The summed E-state index contributed by atoms with van der Waals surface area (Å²) in [4.78, 5) is 44.2. The molecule has 2 heterocycles. The van der Waals surface area contributed by atoms with Crippen LogP contribution >= 0.6 is 0 Å². The van der Waals surface area contributed by atoms with Gasteiger partial charge in [0.1, 0.15) is 24.3 Å². The van der Waals surface area contributed by atoms with Crippen molar-refractivity contribution in [2.75, 3.05) is 11.9 Å². The SMILES string of the molecule is CC(=O)Nc1ccn([C@H]2C[C@@H](OC(=O)c3ccccc3C(C)N=[N+]=[N-])[C@@H](CO[Si](C)(C)C(C)(C)C)O2)c(=O)n1. The van der Waals surface area contributed by atoms with Crippen LogP contribution in [0.4, 0.5) is 5.82 Å². The second-order valence-corrected chi connectivity index (χ2v) is 15.8. The molecule has 39 heavy (non-hydrogen) atoms. The lowest BCUT2D eigenvalue weighted by atomic mass is 10.0. The first-order valence-corrected chi connectivity index (χ1v) is 15.6. The molecule has 1 fully saturated rings. The summed E-state index contributed by atoms with van der Waals surface area (Å²) >= 11 is 0. The average Bonchev–Trinajstić information content (AvgIpc) is 3.24. The van der Waals surface area contributed by atoms with Crippen LogP contribution in [0.15, 0.2) is 46.4 Å². The van der Waals surface area contributed by atoms with E-state index >= 15 is 0 Å². The number of nitrogens with zero attached hydrogens (tertiary/aromatic N) is 5. The van der Waals surface area contributed by atoms with E-state index in [-0.39, 0.29) is 35.4 Å². The number of aromatic nitrogens is 2. The largest absolute Gasteiger partial charge is 0.456 e. The van der Waals surface area contributed by atoms with Gasteiger partial charge in [-0.25, -0.2) is 9.59 Å². The van der Waals surface area contributed by atoms with Crippen LogP contribution in [0.1, 0.15) is 69.2 Å². The fraction of sp³-hybridized carbons (Fsp3) is 0.538. The third-order valence-electron chi connectivity index (χ3n) is 7.15. The molecule has 1 amide bonds. The number of carbonyl (C=O) groups excluding carboxylic acids is 2. The topological polar surface area (TPSA) is 158 Å². The molecule has 13 heteroatoms. The quantitative estimate of drug-likeness (QED) is 0.148. The molecule has 0 bridgehead atoms. The number of nitrogens with one attached hydrogen (secondary N) is 1. The van der Waals surface area contributed by atoms with Crippen LogP contribution in [0.25, 0.3) is 10.4 Å². The molecule has 0 saturated carbocycles. The van der Waals surface area contributed by atoms with E-state index < -0.39 is 44.5 Å². The number of amides is 1. The molecule has 4 atom stereocenters. The van der Waals surface area contributed by atoms with E-state index in [4.69, 9.17) is 19.4 Å². The third-order valence-corrected chi connectivity index (χ3v) is 11.7. The lowest BCUT2D eigenvalue weighted by Crippen LogP contribution is -2.44. The Labute approximate surface area is 228 Å². The molecular weight excluding hydrogens is 520 g/mol. The van der Waals surface area contributed by atoms with Gasteiger partial charge in [0, 0.05) is 24.5 Å². The number of hydrogen-bond donors (Lipinski definition) is 1. The first-order valence-electron chi connectivity index (χ1n) is 12.7. The van der Waals surface area contributed by atoms with Crippen molar-refractivity contribution in [3.05, 3.63) is 68.6 Å². The maximum atomic E-state index is 13.3. The second kappa shape index (κ2) is 12.1. The third kappa shape index (κ3) is 7.33. The zero-order valence-corrected chi connectivity index (χ0v) is 24.4. The zero-order valence-electron chi connectivity index (χ0n) is 23.4. The maximum absolute atomic E-state index is 13.3.